The van der Waals surface area contributed by atoms with Crippen molar-refractivity contribution in [1.29, 1.82) is 0 Å². The number of Topliss-reactive ketones (excluding diaryl/α,β-unsaturated/α-hetero) is 1. The van der Waals surface area contributed by atoms with Crippen molar-refractivity contribution < 1.29 is 9.21 Å². The van der Waals surface area contributed by atoms with Crippen LogP contribution < -0.4 is 5.73 Å². The molecule has 0 spiro atoms. The summed E-state index contributed by atoms with van der Waals surface area (Å²) >= 11 is 0. The number of hydrogen-bond acceptors (Lipinski definition) is 3. The van der Waals surface area contributed by atoms with Crippen molar-refractivity contribution in [1.82, 2.24) is 0 Å². The van der Waals surface area contributed by atoms with E-state index >= 15 is 0 Å². The first-order valence-corrected chi connectivity index (χ1v) is 6.39. The molecule has 1 atom stereocenters. The molecule has 1 unspecified atom stereocenters. The van der Waals surface area contributed by atoms with Crippen molar-refractivity contribution >= 4 is 16.8 Å². The van der Waals surface area contributed by atoms with Gasteiger partial charge in [-0.2, -0.15) is 0 Å². The molecule has 0 bridgehead atoms. The SMILES string of the molecule is CCCC(N)CC(=O)c1cc2cccc(C)c2o1. The molecular formula is C15H19NO2. The summed E-state index contributed by atoms with van der Waals surface area (Å²) in [6.45, 7) is 4.04. The summed E-state index contributed by atoms with van der Waals surface area (Å²) in [4.78, 5) is 12.0. The van der Waals surface area contributed by atoms with Crippen LogP contribution in [0.2, 0.25) is 0 Å². The van der Waals surface area contributed by atoms with Crippen LogP contribution in [0.4, 0.5) is 0 Å². The Morgan fingerprint density at radius 1 is 1.44 bits per heavy atom. The molecule has 3 heteroatoms. The zero-order valence-corrected chi connectivity index (χ0v) is 10.9. The van der Waals surface area contributed by atoms with E-state index in [1.54, 1.807) is 0 Å². The first-order chi connectivity index (χ1) is 8.61. The largest absolute Gasteiger partial charge is 0.453 e. The summed E-state index contributed by atoms with van der Waals surface area (Å²) < 4.78 is 5.63. The fourth-order valence-electron chi connectivity index (χ4n) is 2.16. The molecule has 0 aliphatic rings. The van der Waals surface area contributed by atoms with E-state index in [1.165, 1.54) is 0 Å². The summed E-state index contributed by atoms with van der Waals surface area (Å²) in [5, 5.41) is 0.974. The van der Waals surface area contributed by atoms with Crippen LogP contribution in [-0.2, 0) is 0 Å². The third kappa shape index (κ3) is 2.62. The number of benzene rings is 1. The highest BCUT2D eigenvalue weighted by atomic mass is 16.3. The number of para-hydroxylation sites is 1. The van der Waals surface area contributed by atoms with Gasteiger partial charge < -0.3 is 10.2 Å². The lowest BCUT2D eigenvalue weighted by molar-refractivity contribution is 0.0948. The van der Waals surface area contributed by atoms with E-state index in [-0.39, 0.29) is 11.8 Å². The van der Waals surface area contributed by atoms with Gasteiger partial charge in [0.2, 0.25) is 0 Å². The van der Waals surface area contributed by atoms with Gasteiger partial charge in [-0.15, -0.1) is 0 Å². The van der Waals surface area contributed by atoms with Crippen molar-refractivity contribution in [3.05, 3.63) is 35.6 Å². The van der Waals surface area contributed by atoms with Gasteiger partial charge in [0.25, 0.3) is 0 Å². The second-order valence-electron chi connectivity index (χ2n) is 4.78. The van der Waals surface area contributed by atoms with E-state index < -0.39 is 0 Å². The van der Waals surface area contributed by atoms with Crippen molar-refractivity contribution in [2.24, 2.45) is 5.73 Å². The maximum atomic E-state index is 12.0. The van der Waals surface area contributed by atoms with Gasteiger partial charge in [-0.05, 0) is 25.0 Å². The molecule has 0 fully saturated rings. The predicted molar refractivity (Wildman–Crippen MR) is 72.8 cm³/mol. The van der Waals surface area contributed by atoms with Gasteiger partial charge in [0.15, 0.2) is 11.5 Å². The third-order valence-electron chi connectivity index (χ3n) is 3.12. The molecule has 0 amide bonds. The maximum absolute atomic E-state index is 12.0. The summed E-state index contributed by atoms with van der Waals surface area (Å²) in [6, 6.07) is 7.63. The summed E-state index contributed by atoms with van der Waals surface area (Å²) in [5.41, 5.74) is 7.73. The maximum Gasteiger partial charge on any atom is 0.199 e. The summed E-state index contributed by atoms with van der Waals surface area (Å²) in [6.07, 6.45) is 2.21. The average molecular weight is 245 g/mol. The molecule has 3 nitrogen and oxygen atoms in total. The van der Waals surface area contributed by atoms with E-state index in [1.807, 2.05) is 31.2 Å². The van der Waals surface area contributed by atoms with Crippen LogP contribution in [0.5, 0.6) is 0 Å². The number of nitrogens with two attached hydrogens (primary N) is 1. The fourth-order valence-corrected chi connectivity index (χ4v) is 2.16. The highest BCUT2D eigenvalue weighted by Gasteiger charge is 2.16. The van der Waals surface area contributed by atoms with Crippen LogP contribution in [0.25, 0.3) is 11.0 Å². The van der Waals surface area contributed by atoms with Gasteiger partial charge in [0.05, 0.1) is 0 Å². The molecule has 0 saturated carbocycles. The Morgan fingerprint density at radius 2 is 2.22 bits per heavy atom. The molecule has 18 heavy (non-hydrogen) atoms. The number of rotatable bonds is 5. The van der Waals surface area contributed by atoms with Crippen LogP contribution in [0.3, 0.4) is 0 Å². The first-order valence-electron chi connectivity index (χ1n) is 6.39. The highest BCUT2D eigenvalue weighted by Crippen LogP contribution is 2.23. The zero-order chi connectivity index (χ0) is 13.1. The fraction of sp³-hybridized carbons (Fsp3) is 0.400. The highest BCUT2D eigenvalue weighted by molar-refractivity contribution is 5.98. The third-order valence-corrected chi connectivity index (χ3v) is 3.12. The Labute approximate surface area is 107 Å². The number of carbonyl (C=O) groups excluding carboxylic acids is 1. The minimum Gasteiger partial charge on any atom is -0.453 e. The standard InChI is InChI=1S/C15H19NO2/c1-3-5-12(16)9-13(17)14-8-11-7-4-6-10(2)15(11)18-14/h4,6-8,12H,3,5,9,16H2,1-2H3. The predicted octanol–water partition coefficient (Wildman–Crippen LogP) is 3.44. The lowest BCUT2D eigenvalue weighted by Gasteiger charge is -2.07. The van der Waals surface area contributed by atoms with Gasteiger partial charge >= 0.3 is 0 Å². The van der Waals surface area contributed by atoms with Gasteiger partial charge in [0, 0.05) is 17.8 Å². The molecule has 2 N–H and O–H groups in total. The second kappa shape index (κ2) is 5.36. The van der Waals surface area contributed by atoms with Gasteiger partial charge in [-0.25, -0.2) is 0 Å². The monoisotopic (exact) mass is 245 g/mol. The topological polar surface area (TPSA) is 56.2 Å². The molecule has 0 aliphatic carbocycles. The second-order valence-corrected chi connectivity index (χ2v) is 4.78. The molecule has 1 aromatic heterocycles. The van der Waals surface area contributed by atoms with Crippen LogP contribution in [0.1, 0.15) is 42.3 Å². The minimum atomic E-state index is -0.0724. The summed E-state index contributed by atoms with van der Waals surface area (Å²) in [7, 11) is 0. The number of hydrogen-bond donors (Lipinski definition) is 1. The molecule has 2 aromatic rings. The average Bonchev–Trinajstić information content (AvgIpc) is 2.74. The quantitative estimate of drug-likeness (QED) is 0.821. The minimum absolute atomic E-state index is 0.00782. The smallest absolute Gasteiger partial charge is 0.199 e. The number of fused-ring (bicyclic) bond motifs is 1. The van der Waals surface area contributed by atoms with E-state index in [2.05, 4.69) is 6.92 Å². The van der Waals surface area contributed by atoms with Crippen molar-refractivity contribution in [3.63, 3.8) is 0 Å². The van der Waals surface area contributed by atoms with Crippen LogP contribution >= 0.6 is 0 Å². The Hall–Kier alpha value is -1.61. The Bertz CT molecular complexity index is 557. The number of carbonyl (C=O) groups is 1. The first kappa shape index (κ1) is 12.8. The van der Waals surface area contributed by atoms with Gasteiger partial charge in [-0.3, -0.25) is 4.79 Å². The lowest BCUT2D eigenvalue weighted by Crippen LogP contribution is -2.23. The Kier molecular flexibility index (Phi) is 3.82. The van der Waals surface area contributed by atoms with Crippen LogP contribution in [-0.4, -0.2) is 11.8 Å². The normalized spacial score (nSPS) is 12.8. The summed E-state index contributed by atoms with van der Waals surface area (Å²) in [5.74, 6) is 0.414. The van der Waals surface area contributed by atoms with E-state index in [9.17, 15) is 4.79 Å². The van der Waals surface area contributed by atoms with Gasteiger partial charge in [0.1, 0.15) is 5.58 Å². The van der Waals surface area contributed by atoms with E-state index in [0.29, 0.717) is 12.2 Å². The van der Waals surface area contributed by atoms with Crippen LogP contribution in [0.15, 0.2) is 28.7 Å². The molecular weight excluding hydrogens is 226 g/mol. The van der Waals surface area contributed by atoms with E-state index in [0.717, 1.165) is 29.4 Å². The lowest BCUT2D eigenvalue weighted by atomic mass is 10.1. The number of ketones is 1. The molecule has 0 radical (unpaired) electrons. The van der Waals surface area contributed by atoms with Crippen LogP contribution in [0, 0.1) is 6.92 Å². The Morgan fingerprint density at radius 3 is 2.89 bits per heavy atom. The molecule has 2 rings (SSSR count). The Balaban J connectivity index is 2.21. The zero-order valence-electron chi connectivity index (χ0n) is 10.9. The molecule has 0 saturated heterocycles. The van der Waals surface area contributed by atoms with E-state index in [4.69, 9.17) is 10.2 Å². The number of aryl methyl sites for hydroxylation is 1. The molecule has 1 heterocycles. The van der Waals surface area contributed by atoms with Crippen molar-refractivity contribution in [3.8, 4) is 0 Å². The number of furan rings is 1. The molecule has 1 aromatic carbocycles. The molecule has 0 aliphatic heterocycles. The van der Waals surface area contributed by atoms with Gasteiger partial charge in [-0.1, -0.05) is 31.5 Å². The van der Waals surface area contributed by atoms with Crippen molar-refractivity contribution in [2.45, 2.75) is 39.2 Å². The molecule has 96 valence electrons. The van der Waals surface area contributed by atoms with Crippen molar-refractivity contribution in [2.75, 3.05) is 0 Å².